The molecule has 1 aromatic rings. The molecule has 1 aromatic heterocycles. The van der Waals surface area contributed by atoms with Gasteiger partial charge < -0.3 is 10.1 Å². The lowest BCUT2D eigenvalue weighted by Crippen LogP contribution is -2.20. The van der Waals surface area contributed by atoms with Gasteiger partial charge in [-0.1, -0.05) is 19.3 Å². The van der Waals surface area contributed by atoms with Crippen molar-refractivity contribution in [3.05, 3.63) is 16.5 Å². The minimum absolute atomic E-state index is 0.477. The van der Waals surface area contributed by atoms with Crippen LogP contribution in [0.1, 0.15) is 56.7 Å². The summed E-state index contributed by atoms with van der Waals surface area (Å²) < 4.78 is 6.77. The molecule has 2 fully saturated rings. The molecule has 0 aliphatic heterocycles. The summed E-state index contributed by atoms with van der Waals surface area (Å²) in [5, 5.41) is 3.34. The first-order chi connectivity index (χ1) is 9.81. The Balaban J connectivity index is 1.43. The SMILES string of the molecule is Brc1cc(NCCOC2CCCCC2)nc(C2CC2)n1. The maximum Gasteiger partial charge on any atom is 0.135 e. The van der Waals surface area contributed by atoms with Crippen LogP contribution in [0.2, 0.25) is 0 Å². The van der Waals surface area contributed by atoms with Gasteiger partial charge in [0.1, 0.15) is 16.2 Å². The van der Waals surface area contributed by atoms with Gasteiger partial charge in [0.25, 0.3) is 0 Å². The van der Waals surface area contributed by atoms with Crippen molar-refractivity contribution in [1.29, 1.82) is 0 Å². The van der Waals surface area contributed by atoms with Gasteiger partial charge in [-0.2, -0.15) is 0 Å². The summed E-state index contributed by atoms with van der Waals surface area (Å²) in [5.74, 6) is 2.45. The van der Waals surface area contributed by atoms with Crippen molar-refractivity contribution < 1.29 is 4.74 Å². The van der Waals surface area contributed by atoms with Crippen LogP contribution in [0.15, 0.2) is 10.7 Å². The van der Waals surface area contributed by atoms with Crippen LogP contribution in [0.5, 0.6) is 0 Å². The first-order valence-corrected chi connectivity index (χ1v) is 8.50. The lowest BCUT2D eigenvalue weighted by atomic mass is 9.98. The highest BCUT2D eigenvalue weighted by Gasteiger charge is 2.27. The number of rotatable bonds is 6. The van der Waals surface area contributed by atoms with Crippen molar-refractivity contribution in [3.63, 3.8) is 0 Å². The van der Waals surface area contributed by atoms with Gasteiger partial charge in [0.15, 0.2) is 0 Å². The molecule has 3 rings (SSSR count). The number of halogens is 1. The van der Waals surface area contributed by atoms with E-state index in [9.17, 15) is 0 Å². The monoisotopic (exact) mass is 339 g/mol. The van der Waals surface area contributed by atoms with Crippen LogP contribution in [0.4, 0.5) is 5.82 Å². The van der Waals surface area contributed by atoms with E-state index < -0.39 is 0 Å². The van der Waals surface area contributed by atoms with E-state index >= 15 is 0 Å². The summed E-state index contributed by atoms with van der Waals surface area (Å²) in [6.07, 6.45) is 9.39. The number of ether oxygens (including phenoxy) is 1. The average molecular weight is 340 g/mol. The van der Waals surface area contributed by atoms with Crippen molar-refractivity contribution in [2.45, 2.75) is 57.0 Å². The molecule has 2 saturated carbocycles. The molecule has 0 saturated heterocycles. The molecular weight excluding hydrogens is 318 g/mol. The van der Waals surface area contributed by atoms with Crippen LogP contribution in [-0.4, -0.2) is 29.2 Å². The Hall–Kier alpha value is -0.680. The second-order valence-corrected chi connectivity index (χ2v) is 6.58. The van der Waals surface area contributed by atoms with Gasteiger partial charge in [-0.05, 0) is 41.6 Å². The normalized spacial score (nSPS) is 20.1. The Morgan fingerprint density at radius 2 is 1.95 bits per heavy atom. The fourth-order valence-electron chi connectivity index (χ4n) is 2.69. The van der Waals surface area contributed by atoms with Crippen molar-refractivity contribution in [3.8, 4) is 0 Å². The number of aromatic nitrogens is 2. The number of hydrogen-bond donors (Lipinski definition) is 1. The van der Waals surface area contributed by atoms with Crippen molar-refractivity contribution in [2.24, 2.45) is 0 Å². The standard InChI is InChI=1S/C15H22BrN3O/c16-13-10-14(19-15(18-13)11-6-7-11)17-8-9-20-12-4-2-1-3-5-12/h10-12H,1-9H2,(H,17,18,19). The molecule has 0 aromatic carbocycles. The van der Waals surface area contributed by atoms with E-state index in [1.807, 2.05) is 6.07 Å². The highest BCUT2D eigenvalue weighted by Crippen LogP contribution is 2.38. The molecule has 110 valence electrons. The predicted molar refractivity (Wildman–Crippen MR) is 83.0 cm³/mol. The Labute approximate surface area is 128 Å². The third-order valence-corrected chi connectivity index (χ3v) is 4.37. The van der Waals surface area contributed by atoms with E-state index in [-0.39, 0.29) is 0 Å². The number of anilines is 1. The quantitative estimate of drug-likeness (QED) is 0.631. The van der Waals surface area contributed by atoms with Crippen LogP contribution >= 0.6 is 15.9 Å². The third-order valence-electron chi connectivity index (χ3n) is 3.97. The van der Waals surface area contributed by atoms with Gasteiger partial charge in [-0.25, -0.2) is 9.97 Å². The number of hydrogen-bond acceptors (Lipinski definition) is 4. The first-order valence-electron chi connectivity index (χ1n) is 7.71. The Bertz CT molecular complexity index is 445. The maximum absolute atomic E-state index is 5.91. The van der Waals surface area contributed by atoms with Gasteiger partial charge in [0.2, 0.25) is 0 Å². The van der Waals surface area contributed by atoms with Gasteiger partial charge in [0, 0.05) is 18.5 Å². The van der Waals surface area contributed by atoms with E-state index in [0.29, 0.717) is 12.0 Å². The van der Waals surface area contributed by atoms with Crippen molar-refractivity contribution >= 4 is 21.7 Å². The second kappa shape index (κ2) is 6.85. The highest BCUT2D eigenvalue weighted by atomic mass is 79.9. The summed E-state index contributed by atoms with van der Waals surface area (Å²) in [6, 6.07) is 1.94. The highest BCUT2D eigenvalue weighted by molar-refractivity contribution is 9.10. The van der Waals surface area contributed by atoms with E-state index in [0.717, 1.165) is 29.4 Å². The maximum atomic E-state index is 5.91. The number of nitrogens with zero attached hydrogens (tertiary/aromatic N) is 2. The molecule has 20 heavy (non-hydrogen) atoms. The molecule has 0 amide bonds. The van der Waals surface area contributed by atoms with Crippen LogP contribution < -0.4 is 5.32 Å². The molecule has 5 heteroatoms. The average Bonchev–Trinajstić information content (AvgIpc) is 3.29. The summed E-state index contributed by atoms with van der Waals surface area (Å²) in [7, 11) is 0. The molecule has 0 radical (unpaired) electrons. The lowest BCUT2D eigenvalue weighted by Gasteiger charge is -2.22. The molecule has 4 nitrogen and oxygen atoms in total. The summed E-state index contributed by atoms with van der Waals surface area (Å²) >= 11 is 3.46. The van der Waals surface area contributed by atoms with E-state index in [2.05, 4.69) is 31.2 Å². The zero-order valence-electron chi connectivity index (χ0n) is 11.8. The number of nitrogens with one attached hydrogen (secondary N) is 1. The molecule has 0 bridgehead atoms. The van der Waals surface area contributed by atoms with E-state index in [1.165, 1.54) is 44.9 Å². The Morgan fingerprint density at radius 1 is 1.15 bits per heavy atom. The molecular formula is C15H22BrN3O. The topological polar surface area (TPSA) is 47.0 Å². The molecule has 1 N–H and O–H groups in total. The van der Waals surface area contributed by atoms with Crippen LogP contribution in [0.25, 0.3) is 0 Å². The Morgan fingerprint density at radius 3 is 2.70 bits per heavy atom. The molecule has 0 unspecified atom stereocenters. The molecule has 2 aliphatic rings. The second-order valence-electron chi connectivity index (χ2n) is 5.77. The minimum atomic E-state index is 0.477. The van der Waals surface area contributed by atoms with Crippen LogP contribution in [0, 0.1) is 0 Å². The van der Waals surface area contributed by atoms with Crippen LogP contribution in [-0.2, 0) is 4.74 Å². The zero-order chi connectivity index (χ0) is 13.8. The van der Waals surface area contributed by atoms with Gasteiger partial charge in [-0.15, -0.1) is 0 Å². The smallest absolute Gasteiger partial charge is 0.135 e. The Kier molecular flexibility index (Phi) is 4.89. The van der Waals surface area contributed by atoms with Gasteiger partial charge in [-0.3, -0.25) is 0 Å². The largest absolute Gasteiger partial charge is 0.376 e. The third kappa shape index (κ3) is 4.16. The fraction of sp³-hybridized carbons (Fsp3) is 0.733. The van der Waals surface area contributed by atoms with Crippen LogP contribution in [0.3, 0.4) is 0 Å². The van der Waals surface area contributed by atoms with Gasteiger partial charge in [0.05, 0.1) is 12.7 Å². The fourth-order valence-corrected chi connectivity index (χ4v) is 3.08. The van der Waals surface area contributed by atoms with Crippen molar-refractivity contribution in [2.75, 3.05) is 18.5 Å². The summed E-state index contributed by atoms with van der Waals surface area (Å²) in [5.41, 5.74) is 0. The minimum Gasteiger partial charge on any atom is -0.376 e. The van der Waals surface area contributed by atoms with Gasteiger partial charge >= 0.3 is 0 Å². The lowest BCUT2D eigenvalue weighted by molar-refractivity contribution is 0.0347. The zero-order valence-corrected chi connectivity index (χ0v) is 13.4. The predicted octanol–water partition coefficient (Wildman–Crippen LogP) is 3.88. The molecule has 2 aliphatic carbocycles. The van der Waals surface area contributed by atoms with E-state index in [1.54, 1.807) is 0 Å². The van der Waals surface area contributed by atoms with Crippen molar-refractivity contribution in [1.82, 2.24) is 9.97 Å². The van der Waals surface area contributed by atoms with E-state index in [4.69, 9.17) is 4.74 Å². The first kappa shape index (κ1) is 14.3. The molecule has 0 spiro atoms. The molecule has 1 heterocycles. The summed E-state index contributed by atoms with van der Waals surface area (Å²) in [6.45, 7) is 1.56. The summed E-state index contributed by atoms with van der Waals surface area (Å²) in [4.78, 5) is 9.00. The molecule has 0 atom stereocenters.